The average molecular weight is 482 g/mol. The number of fused-ring (bicyclic) bond motifs is 1. The van der Waals surface area contributed by atoms with Crippen LogP contribution >= 0.6 is 22.9 Å². The van der Waals surface area contributed by atoms with Crippen LogP contribution in [-0.4, -0.2) is 55.4 Å². The molecule has 7 nitrogen and oxygen atoms in total. The van der Waals surface area contributed by atoms with Crippen LogP contribution in [-0.2, 0) is 0 Å². The molecule has 3 aromatic heterocycles. The average Bonchev–Trinajstić information content (AvgIpc) is 3.19. The molecule has 33 heavy (non-hydrogen) atoms. The first-order chi connectivity index (χ1) is 16.1. The zero-order valence-corrected chi connectivity index (χ0v) is 20.3. The minimum atomic E-state index is 0.268. The summed E-state index contributed by atoms with van der Waals surface area (Å²) in [6.45, 7) is 5.46. The normalized spacial score (nSPS) is 14.1. The van der Waals surface area contributed by atoms with Gasteiger partial charge in [-0.25, -0.2) is 9.97 Å². The number of aryl methyl sites for hydroxylation is 1. The molecular formula is C24H24ClN5O2S. The fourth-order valence-corrected chi connectivity index (χ4v) is 5.58. The van der Waals surface area contributed by atoms with Gasteiger partial charge < -0.3 is 19.3 Å². The maximum absolute atomic E-state index is 6.36. The van der Waals surface area contributed by atoms with Crippen LogP contribution in [0.25, 0.3) is 21.3 Å². The highest BCUT2D eigenvalue weighted by Gasteiger charge is 2.25. The number of anilines is 2. The number of halogens is 1. The number of rotatable bonds is 5. The molecule has 0 saturated carbocycles. The number of aromatic nitrogens is 3. The number of methoxy groups -OCH3 is 2. The Morgan fingerprint density at radius 2 is 1.70 bits per heavy atom. The monoisotopic (exact) mass is 481 g/mol. The molecule has 1 fully saturated rings. The lowest BCUT2D eigenvalue weighted by atomic mass is 10.0. The van der Waals surface area contributed by atoms with Crippen molar-refractivity contribution in [2.75, 3.05) is 50.2 Å². The van der Waals surface area contributed by atoms with Gasteiger partial charge in [0.25, 0.3) is 0 Å². The molecule has 9 heteroatoms. The number of hydrogen-bond donors (Lipinski definition) is 0. The van der Waals surface area contributed by atoms with Gasteiger partial charge in [0.15, 0.2) is 11.5 Å². The zero-order valence-electron chi connectivity index (χ0n) is 18.7. The lowest BCUT2D eigenvalue weighted by Crippen LogP contribution is -2.47. The van der Waals surface area contributed by atoms with Gasteiger partial charge in [-0.1, -0.05) is 12.1 Å². The van der Waals surface area contributed by atoms with Crippen molar-refractivity contribution < 1.29 is 9.47 Å². The third kappa shape index (κ3) is 4.05. The van der Waals surface area contributed by atoms with E-state index in [1.807, 2.05) is 42.6 Å². The highest BCUT2D eigenvalue weighted by Crippen LogP contribution is 2.44. The Kier molecular flexibility index (Phi) is 5.95. The van der Waals surface area contributed by atoms with E-state index >= 15 is 0 Å². The molecule has 0 bridgehead atoms. The molecule has 5 rings (SSSR count). The summed E-state index contributed by atoms with van der Waals surface area (Å²) in [6.07, 6.45) is 1.83. The van der Waals surface area contributed by atoms with Crippen LogP contribution in [0.2, 0.25) is 5.28 Å². The second kappa shape index (κ2) is 9.03. The summed E-state index contributed by atoms with van der Waals surface area (Å²) >= 11 is 8.00. The smallest absolute Gasteiger partial charge is 0.225 e. The molecule has 4 heterocycles. The van der Waals surface area contributed by atoms with Gasteiger partial charge in [0, 0.05) is 42.8 Å². The van der Waals surface area contributed by atoms with Crippen LogP contribution in [0, 0.1) is 6.92 Å². The van der Waals surface area contributed by atoms with E-state index in [0.29, 0.717) is 11.5 Å². The van der Waals surface area contributed by atoms with Gasteiger partial charge in [-0.05, 0) is 48.4 Å². The van der Waals surface area contributed by atoms with E-state index in [1.165, 1.54) is 0 Å². The van der Waals surface area contributed by atoms with Crippen molar-refractivity contribution in [3.63, 3.8) is 0 Å². The molecule has 1 aliphatic heterocycles. The minimum absolute atomic E-state index is 0.268. The highest BCUT2D eigenvalue weighted by molar-refractivity contribution is 7.19. The topological polar surface area (TPSA) is 63.6 Å². The molecule has 170 valence electrons. The fourth-order valence-electron chi connectivity index (χ4n) is 4.32. The molecule has 4 aromatic rings. The second-order valence-electron chi connectivity index (χ2n) is 7.76. The first kappa shape index (κ1) is 21.7. The summed E-state index contributed by atoms with van der Waals surface area (Å²) in [4.78, 5) is 20.4. The van der Waals surface area contributed by atoms with Gasteiger partial charge in [0.1, 0.15) is 16.5 Å². The molecule has 1 aromatic carbocycles. The van der Waals surface area contributed by atoms with Crippen LogP contribution in [0.5, 0.6) is 11.5 Å². The predicted molar refractivity (Wildman–Crippen MR) is 134 cm³/mol. The van der Waals surface area contributed by atoms with Crippen LogP contribution in [0.15, 0.2) is 42.6 Å². The Morgan fingerprint density at radius 1 is 0.939 bits per heavy atom. The molecule has 0 spiro atoms. The lowest BCUT2D eigenvalue weighted by molar-refractivity contribution is 0.355. The van der Waals surface area contributed by atoms with Gasteiger partial charge >= 0.3 is 0 Å². The molecule has 1 aliphatic rings. The summed E-state index contributed by atoms with van der Waals surface area (Å²) in [7, 11) is 3.29. The number of benzene rings is 1. The van der Waals surface area contributed by atoms with Gasteiger partial charge in [0.05, 0.1) is 19.6 Å². The first-order valence-corrected chi connectivity index (χ1v) is 11.9. The van der Waals surface area contributed by atoms with Crippen LogP contribution < -0.4 is 19.3 Å². The van der Waals surface area contributed by atoms with Gasteiger partial charge in [-0.15, -0.1) is 11.3 Å². The Bertz CT molecular complexity index is 1290. The number of thiophene rings is 1. The van der Waals surface area contributed by atoms with Crippen molar-refractivity contribution in [2.24, 2.45) is 0 Å². The van der Waals surface area contributed by atoms with E-state index in [9.17, 15) is 0 Å². The van der Waals surface area contributed by atoms with Crippen molar-refractivity contribution in [1.29, 1.82) is 0 Å². The summed E-state index contributed by atoms with van der Waals surface area (Å²) in [5, 5.41) is 1.30. The lowest BCUT2D eigenvalue weighted by Gasteiger charge is -2.36. The fraction of sp³-hybridized carbons (Fsp3) is 0.292. The van der Waals surface area contributed by atoms with E-state index in [2.05, 4.69) is 26.7 Å². The Morgan fingerprint density at radius 3 is 2.39 bits per heavy atom. The predicted octanol–water partition coefficient (Wildman–Crippen LogP) is 5.06. The number of hydrogen-bond acceptors (Lipinski definition) is 8. The largest absolute Gasteiger partial charge is 0.493 e. The Hall–Kier alpha value is -3.10. The van der Waals surface area contributed by atoms with Gasteiger partial charge in [-0.3, -0.25) is 0 Å². The third-order valence-corrected chi connectivity index (χ3v) is 7.07. The van der Waals surface area contributed by atoms with Crippen LogP contribution in [0.4, 0.5) is 11.6 Å². The van der Waals surface area contributed by atoms with E-state index in [1.54, 1.807) is 25.6 Å². The van der Waals surface area contributed by atoms with Gasteiger partial charge in [-0.2, -0.15) is 4.98 Å². The maximum atomic E-state index is 6.36. The van der Waals surface area contributed by atoms with Crippen LogP contribution in [0.3, 0.4) is 0 Å². The van der Waals surface area contributed by atoms with Crippen LogP contribution in [0.1, 0.15) is 4.88 Å². The highest BCUT2D eigenvalue weighted by atomic mass is 35.5. The van der Waals surface area contributed by atoms with Gasteiger partial charge in [0.2, 0.25) is 5.28 Å². The quantitative estimate of drug-likeness (QED) is 0.369. The summed E-state index contributed by atoms with van der Waals surface area (Å²) in [5.41, 5.74) is 2.14. The molecule has 0 N–H and O–H groups in total. The zero-order chi connectivity index (χ0) is 22.9. The van der Waals surface area contributed by atoms with E-state index in [-0.39, 0.29) is 5.28 Å². The number of pyridine rings is 1. The maximum Gasteiger partial charge on any atom is 0.225 e. The van der Waals surface area contributed by atoms with Crippen molar-refractivity contribution in [1.82, 2.24) is 15.0 Å². The summed E-state index contributed by atoms with van der Waals surface area (Å²) < 4.78 is 11.0. The van der Waals surface area contributed by atoms with Crippen molar-refractivity contribution in [3.8, 4) is 22.6 Å². The summed E-state index contributed by atoms with van der Waals surface area (Å²) in [5.74, 6) is 3.26. The molecule has 0 radical (unpaired) electrons. The Balaban J connectivity index is 1.55. The van der Waals surface area contributed by atoms with Crippen molar-refractivity contribution >= 4 is 44.8 Å². The molecule has 0 aliphatic carbocycles. The molecule has 0 unspecified atom stereocenters. The van der Waals surface area contributed by atoms with E-state index in [0.717, 1.165) is 64.0 Å². The van der Waals surface area contributed by atoms with E-state index < -0.39 is 0 Å². The third-order valence-electron chi connectivity index (χ3n) is 5.91. The minimum Gasteiger partial charge on any atom is -0.493 e. The number of nitrogens with zero attached hydrogens (tertiary/aromatic N) is 5. The number of piperazine rings is 1. The SMILES string of the molecule is COc1ccc(-c2c(C)sc3nc(Cl)nc(N4CCN(c5ccccn5)CC4)c23)cc1OC. The van der Waals surface area contributed by atoms with E-state index in [4.69, 9.17) is 26.1 Å². The molecule has 0 amide bonds. The van der Waals surface area contributed by atoms with Crippen molar-refractivity contribution in [2.45, 2.75) is 6.92 Å². The Labute approximate surface area is 201 Å². The standard InChI is InChI=1S/C24H24ClN5O2S/c1-15-20(16-7-8-17(31-2)18(14-16)32-3)21-22(27-24(25)28-23(21)33-15)30-12-10-29(11-13-30)19-6-4-5-9-26-19/h4-9,14H,10-13H2,1-3H3. The van der Waals surface area contributed by atoms with Crippen molar-refractivity contribution in [3.05, 3.63) is 52.8 Å². The molecular weight excluding hydrogens is 458 g/mol. The molecule has 1 saturated heterocycles. The summed E-state index contributed by atoms with van der Waals surface area (Å²) in [6, 6.07) is 12.0. The second-order valence-corrected chi connectivity index (χ2v) is 9.30. The molecule has 0 atom stereocenters. The number of ether oxygens (including phenoxy) is 2. The first-order valence-electron chi connectivity index (χ1n) is 10.7.